The van der Waals surface area contributed by atoms with Crippen molar-refractivity contribution in [2.24, 2.45) is 5.73 Å². The quantitative estimate of drug-likeness (QED) is 0.694. The monoisotopic (exact) mass is 212 g/mol. The molecule has 1 unspecified atom stereocenters. The van der Waals surface area contributed by atoms with Crippen LogP contribution in [0.3, 0.4) is 0 Å². The summed E-state index contributed by atoms with van der Waals surface area (Å²) in [5, 5.41) is 2.09. The Morgan fingerprint density at radius 1 is 1.50 bits per heavy atom. The third-order valence-corrected chi connectivity index (χ3v) is 1.74. The molecule has 0 saturated heterocycles. The van der Waals surface area contributed by atoms with Crippen LogP contribution >= 0.6 is 0 Å². The first-order valence-corrected chi connectivity index (χ1v) is 4.46. The molecule has 14 heavy (non-hydrogen) atoms. The molecule has 3 N–H and O–H groups in total. The molecule has 1 amide bonds. The number of alkyl halides is 3. The summed E-state index contributed by atoms with van der Waals surface area (Å²) >= 11 is 0. The maximum Gasteiger partial charge on any atom is 0.401 e. The number of hydrogen-bond acceptors (Lipinski definition) is 2. The maximum absolute atomic E-state index is 11.8. The number of rotatable bonds is 6. The lowest BCUT2D eigenvalue weighted by Crippen LogP contribution is -2.45. The second-order valence-corrected chi connectivity index (χ2v) is 3.09. The number of unbranched alkanes of at least 4 members (excludes halogenated alkanes) is 1. The Balaban J connectivity index is 3.91. The van der Waals surface area contributed by atoms with E-state index in [1.165, 1.54) is 0 Å². The van der Waals surface area contributed by atoms with E-state index in [-0.39, 0.29) is 0 Å². The Kier molecular flexibility index (Phi) is 5.52. The van der Waals surface area contributed by atoms with Crippen molar-refractivity contribution in [2.45, 2.75) is 38.4 Å². The van der Waals surface area contributed by atoms with Gasteiger partial charge in [0.05, 0.1) is 12.6 Å². The molecule has 84 valence electrons. The van der Waals surface area contributed by atoms with Crippen LogP contribution in [0.4, 0.5) is 13.2 Å². The van der Waals surface area contributed by atoms with Gasteiger partial charge in [-0.1, -0.05) is 19.8 Å². The van der Waals surface area contributed by atoms with Gasteiger partial charge in [0.1, 0.15) is 0 Å². The van der Waals surface area contributed by atoms with Gasteiger partial charge in [-0.05, 0) is 6.42 Å². The van der Waals surface area contributed by atoms with E-state index in [0.717, 1.165) is 6.42 Å². The predicted octanol–water partition coefficient (Wildman–Crippen LogP) is 1.18. The lowest BCUT2D eigenvalue weighted by molar-refractivity contribution is -0.130. The molecule has 6 heteroatoms. The van der Waals surface area contributed by atoms with Gasteiger partial charge in [-0.15, -0.1) is 0 Å². The summed E-state index contributed by atoms with van der Waals surface area (Å²) in [5.74, 6) is -0.734. The number of carbonyl (C=O) groups excluding carboxylic acids is 1. The van der Waals surface area contributed by atoms with Gasteiger partial charge < -0.3 is 5.73 Å². The molecular weight excluding hydrogens is 197 g/mol. The van der Waals surface area contributed by atoms with E-state index in [1.807, 2.05) is 6.92 Å². The van der Waals surface area contributed by atoms with E-state index < -0.39 is 24.7 Å². The minimum Gasteiger partial charge on any atom is -0.368 e. The molecule has 0 aromatic rings. The summed E-state index contributed by atoms with van der Waals surface area (Å²) in [4.78, 5) is 10.7. The highest BCUT2D eigenvalue weighted by molar-refractivity contribution is 5.79. The van der Waals surface area contributed by atoms with Crippen molar-refractivity contribution in [1.82, 2.24) is 5.32 Å². The Bertz CT molecular complexity index is 182. The molecule has 0 heterocycles. The van der Waals surface area contributed by atoms with Crippen molar-refractivity contribution in [3.8, 4) is 0 Å². The van der Waals surface area contributed by atoms with Crippen molar-refractivity contribution in [1.29, 1.82) is 0 Å². The van der Waals surface area contributed by atoms with Crippen LogP contribution in [0.25, 0.3) is 0 Å². The van der Waals surface area contributed by atoms with E-state index in [1.54, 1.807) is 0 Å². The molecular formula is C8H15F3N2O. The van der Waals surface area contributed by atoms with Crippen LogP contribution in [0.15, 0.2) is 0 Å². The number of primary amides is 1. The van der Waals surface area contributed by atoms with E-state index in [0.29, 0.717) is 12.8 Å². The number of hydrogen-bond donors (Lipinski definition) is 2. The van der Waals surface area contributed by atoms with Crippen molar-refractivity contribution in [2.75, 3.05) is 6.54 Å². The van der Waals surface area contributed by atoms with Gasteiger partial charge in [-0.2, -0.15) is 13.2 Å². The molecule has 1 atom stereocenters. The summed E-state index contributed by atoms with van der Waals surface area (Å²) in [6.07, 6.45) is -2.46. The fourth-order valence-electron chi connectivity index (χ4n) is 0.992. The Morgan fingerprint density at radius 2 is 2.07 bits per heavy atom. The normalized spacial score (nSPS) is 14.0. The van der Waals surface area contributed by atoms with Gasteiger partial charge in [-0.3, -0.25) is 10.1 Å². The number of nitrogens with two attached hydrogens (primary N) is 1. The predicted molar refractivity (Wildman–Crippen MR) is 46.6 cm³/mol. The van der Waals surface area contributed by atoms with Crippen molar-refractivity contribution in [3.05, 3.63) is 0 Å². The molecule has 0 saturated carbocycles. The van der Waals surface area contributed by atoms with Crippen LogP contribution in [-0.4, -0.2) is 24.7 Å². The van der Waals surface area contributed by atoms with E-state index >= 15 is 0 Å². The van der Waals surface area contributed by atoms with Crippen LogP contribution in [0.5, 0.6) is 0 Å². The fraction of sp³-hybridized carbons (Fsp3) is 0.875. The summed E-state index contributed by atoms with van der Waals surface area (Å²) in [5.41, 5.74) is 4.94. The molecule has 0 radical (unpaired) electrons. The van der Waals surface area contributed by atoms with Crippen LogP contribution in [0.2, 0.25) is 0 Å². The Labute approximate surface area is 80.8 Å². The highest BCUT2D eigenvalue weighted by atomic mass is 19.4. The second kappa shape index (κ2) is 5.85. The Morgan fingerprint density at radius 3 is 2.43 bits per heavy atom. The lowest BCUT2D eigenvalue weighted by Gasteiger charge is -2.16. The zero-order chi connectivity index (χ0) is 11.2. The first-order valence-electron chi connectivity index (χ1n) is 4.46. The maximum atomic E-state index is 11.8. The molecule has 0 spiro atoms. The van der Waals surface area contributed by atoms with Crippen molar-refractivity contribution >= 4 is 5.91 Å². The SMILES string of the molecule is CCCCC(NCC(F)(F)F)C(N)=O. The summed E-state index contributed by atoms with van der Waals surface area (Å²) < 4.78 is 35.4. The van der Waals surface area contributed by atoms with E-state index in [2.05, 4.69) is 5.32 Å². The number of halogens is 3. The molecule has 0 aromatic carbocycles. The summed E-state index contributed by atoms with van der Waals surface area (Å²) in [6, 6.07) is -0.878. The smallest absolute Gasteiger partial charge is 0.368 e. The van der Waals surface area contributed by atoms with Crippen molar-refractivity contribution < 1.29 is 18.0 Å². The minimum atomic E-state index is -4.31. The lowest BCUT2D eigenvalue weighted by atomic mass is 10.1. The molecule has 0 aliphatic heterocycles. The number of amides is 1. The molecule has 0 bridgehead atoms. The molecule has 0 aliphatic carbocycles. The molecule has 0 fully saturated rings. The summed E-state index contributed by atoms with van der Waals surface area (Å²) in [6.45, 7) is 0.714. The zero-order valence-corrected chi connectivity index (χ0v) is 8.03. The fourth-order valence-corrected chi connectivity index (χ4v) is 0.992. The van der Waals surface area contributed by atoms with Gasteiger partial charge in [0.15, 0.2) is 0 Å². The Hall–Kier alpha value is -0.780. The molecule has 3 nitrogen and oxygen atoms in total. The molecule has 0 aromatic heterocycles. The van der Waals surface area contributed by atoms with Crippen LogP contribution in [0, 0.1) is 0 Å². The average Bonchev–Trinajstić information content (AvgIpc) is 2.01. The van der Waals surface area contributed by atoms with Gasteiger partial charge in [-0.25, -0.2) is 0 Å². The topological polar surface area (TPSA) is 55.1 Å². The minimum absolute atomic E-state index is 0.349. The number of carbonyl (C=O) groups is 1. The number of nitrogens with one attached hydrogen (secondary N) is 1. The van der Waals surface area contributed by atoms with Gasteiger partial charge in [0, 0.05) is 0 Å². The van der Waals surface area contributed by atoms with Crippen LogP contribution in [0.1, 0.15) is 26.2 Å². The van der Waals surface area contributed by atoms with Gasteiger partial charge in [0.2, 0.25) is 5.91 Å². The van der Waals surface area contributed by atoms with Crippen LogP contribution in [-0.2, 0) is 4.79 Å². The van der Waals surface area contributed by atoms with E-state index in [9.17, 15) is 18.0 Å². The van der Waals surface area contributed by atoms with E-state index in [4.69, 9.17) is 5.73 Å². The average molecular weight is 212 g/mol. The zero-order valence-electron chi connectivity index (χ0n) is 8.03. The molecule has 0 rings (SSSR count). The van der Waals surface area contributed by atoms with Crippen LogP contribution < -0.4 is 11.1 Å². The highest BCUT2D eigenvalue weighted by Gasteiger charge is 2.29. The largest absolute Gasteiger partial charge is 0.401 e. The third kappa shape index (κ3) is 6.71. The van der Waals surface area contributed by atoms with Gasteiger partial charge in [0.25, 0.3) is 0 Å². The first-order chi connectivity index (χ1) is 6.37. The second-order valence-electron chi connectivity index (χ2n) is 3.09. The standard InChI is InChI=1S/C8H15F3N2O/c1-2-3-4-6(7(12)14)13-5-8(9,10)11/h6,13H,2-5H2,1H3,(H2,12,14). The third-order valence-electron chi connectivity index (χ3n) is 1.74. The molecule has 0 aliphatic rings. The summed E-state index contributed by atoms with van der Waals surface area (Å²) in [7, 11) is 0. The van der Waals surface area contributed by atoms with Gasteiger partial charge >= 0.3 is 6.18 Å². The highest BCUT2D eigenvalue weighted by Crippen LogP contribution is 2.13. The van der Waals surface area contributed by atoms with Crippen molar-refractivity contribution in [3.63, 3.8) is 0 Å². The first kappa shape index (κ1) is 13.2.